The average Bonchev–Trinajstić information content (AvgIpc) is 3.26. The molecule has 1 aliphatic carbocycles. The third-order valence-electron chi connectivity index (χ3n) is 3.34. The molecule has 3 rings (SSSR count). The van der Waals surface area contributed by atoms with Crippen LogP contribution in [-0.2, 0) is 6.54 Å². The van der Waals surface area contributed by atoms with E-state index in [0.29, 0.717) is 5.02 Å². The Labute approximate surface area is 129 Å². The summed E-state index contributed by atoms with van der Waals surface area (Å²) in [6.45, 7) is 3.10. The summed E-state index contributed by atoms with van der Waals surface area (Å²) in [5.74, 6) is 0. The number of nitrogens with zero attached hydrogens (tertiary/aromatic N) is 1. The Morgan fingerprint density at radius 3 is 2.90 bits per heavy atom. The van der Waals surface area contributed by atoms with Crippen LogP contribution in [0.4, 0.5) is 0 Å². The van der Waals surface area contributed by atoms with Gasteiger partial charge in [-0.05, 0) is 49.1 Å². The number of aryl methyl sites for hydroxylation is 1. The Bertz CT molecular complexity index is 611. The van der Waals surface area contributed by atoms with Crippen molar-refractivity contribution in [1.82, 2.24) is 10.3 Å². The molecule has 20 heavy (non-hydrogen) atoms. The van der Waals surface area contributed by atoms with Crippen LogP contribution in [0.2, 0.25) is 5.02 Å². The molecule has 0 saturated heterocycles. The zero-order chi connectivity index (χ0) is 13.9. The fraction of sp³-hybridized carbons (Fsp3) is 0.312. The van der Waals surface area contributed by atoms with Crippen LogP contribution in [0.25, 0.3) is 0 Å². The molecule has 1 saturated carbocycles. The van der Waals surface area contributed by atoms with Gasteiger partial charge in [-0.15, -0.1) is 0 Å². The van der Waals surface area contributed by atoms with E-state index in [9.17, 15) is 0 Å². The Balaban J connectivity index is 1.71. The van der Waals surface area contributed by atoms with E-state index in [4.69, 9.17) is 11.6 Å². The first-order chi connectivity index (χ1) is 9.72. The summed E-state index contributed by atoms with van der Waals surface area (Å²) >= 11 is 7.78. The monoisotopic (exact) mass is 304 g/mol. The maximum absolute atomic E-state index is 6.16. The summed E-state index contributed by atoms with van der Waals surface area (Å²) in [5.41, 5.74) is 2.61. The molecule has 0 atom stereocenters. The Morgan fingerprint density at radius 1 is 1.35 bits per heavy atom. The molecule has 1 aliphatic rings. The van der Waals surface area contributed by atoms with Gasteiger partial charge in [-0.2, -0.15) is 0 Å². The molecule has 104 valence electrons. The second-order valence-corrected chi connectivity index (χ2v) is 6.59. The van der Waals surface area contributed by atoms with E-state index in [2.05, 4.69) is 35.4 Å². The highest BCUT2D eigenvalue weighted by atomic mass is 35.5. The molecule has 1 aromatic carbocycles. The summed E-state index contributed by atoms with van der Waals surface area (Å²) < 4.78 is 0. The average molecular weight is 305 g/mol. The van der Waals surface area contributed by atoms with Gasteiger partial charge < -0.3 is 5.32 Å². The maximum atomic E-state index is 6.16. The Kier molecular flexibility index (Phi) is 4.29. The lowest BCUT2D eigenvalue weighted by atomic mass is 10.1. The molecular formula is C16H17ClN2S. The molecule has 2 aromatic rings. The van der Waals surface area contributed by atoms with E-state index in [1.165, 1.54) is 28.9 Å². The minimum atomic E-state index is 0.705. The number of rotatable bonds is 5. The predicted octanol–water partition coefficient (Wildman–Crippen LogP) is 4.45. The van der Waals surface area contributed by atoms with Gasteiger partial charge in [-0.25, -0.2) is 4.98 Å². The van der Waals surface area contributed by atoms with E-state index < -0.39 is 0 Å². The van der Waals surface area contributed by atoms with Gasteiger partial charge in [0.1, 0.15) is 5.03 Å². The van der Waals surface area contributed by atoms with Crippen LogP contribution < -0.4 is 5.32 Å². The number of nitrogens with one attached hydrogen (secondary N) is 1. The van der Waals surface area contributed by atoms with Crippen LogP contribution in [0.1, 0.15) is 24.0 Å². The van der Waals surface area contributed by atoms with Crippen molar-refractivity contribution in [3.05, 3.63) is 52.7 Å². The summed E-state index contributed by atoms with van der Waals surface area (Å²) in [6, 6.07) is 11.1. The first-order valence-electron chi connectivity index (χ1n) is 6.83. The standard InChI is InChI=1S/C16H17ClN2S/c1-11-9-12(10-19-13-5-6-13)4-7-15(11)20-16-14(17)3-2-8-18-16/h2-4,7-9,13,19H,5-6,10H2,1H3. The fourth-order valence-electron chi connectivity index (χ4n) is 2.04. The molecule has 0 radical (unpaired) electrons. The Morgan fingerprint density at radius 2 is 2.20 bits per heavy atom. The molecule has 0 aliphatic heterocycles. The predicted molar refractivity (Wildman–Crippen MR) is 84.4 cm³/mol. The number of halogens is 1. The molecule has 0 amide bonds. The van der Waals surface area contributed by atoms with Gasteiger partial charge >= 0.3 is 0 Å². The van der Waals surface area contributed by atoms with Crippen molar-refractivity contribution in [2.45, 2.75) is 42.3 Å². The van der Waals surface area contributed by atoms with Gasteiger partial charge in [0.15, 0.2) is 0 Å². The molecule has 0 bridgehead atoms. The molecule has 4 heteroatoms. The van der Waals surface area contributed by atoms with E-state index in [0.717, 1.165) is 17.6 Å². The van der Waals surface area contributed by atoms with Crippen molar-refractivity contribution in [2.24, 2.45) is 0 Å². The summed E-state index contributed by atoms with van der Waals surface area (Å²) in [5, 5.41) is 5.11. The van der Waals surface area contributed by atoms with E-state index in [-0.39, 0.29) is 0 Å². The lowest BCUT2D eigenvalue weighted by Gasteiger charge is -2.09. The topological polar surface area (TPSA) is 24.9 Å². The lowest BCUT2D eigenvalue weighted by molar-refractivity contribution is 0.687. The third-order valence-corrected chi connectivity index (χ3v) is 4.96. The zero-order valence-electron chi connectivity index (χ0n) is 11.4. The minimum absolute atomic E-state index is 0.705. The highest BCUT2D eigenvalue weighted by molar-refractivity contribution is 7.99. The molecule has 0 unspecified atom stereocenters. The van der Waals surface area contributed by atoms with Crippen LogP contribution in [-0.4, -0.2) is 11.0 Å². The quantitative estimate of drug-likeness (QED) is 0.883. The second kappa shape index (κ2) is 6.17. The number of benzene rings is 1. The highest BCUT2D eigenvalue weighted by Gasteiger charge is 2.19. The largest absolute Gasteiger partial charge is 0.310 e. The van der Waals surface area contributed by atoms with Crippen LogP contribution in [0, 0.1) is 6.92 Å². The second-order valence-electron chi connectivity index (χ2n) is 5.15. The van der Waals surface area contributed by atoms with Gasteiger partial charge in [-0.1, -0.05) is 35.5 Å². The molecule has 1 heterocycles. The molecule has 0 spiro atoms. The van der Waals surface area contributed by atoms with Gasteiger partial charge in [0.05, 0.1) is 5.02 Å². The fourth-order valence-corrected chi connectivity index (χ4v) is 3.12. The SMILES string of the molecule is Cc1cc(CNC2CC2)ccc1Sc1ncccc1Cl. The Hall–Kier alpha value is -1.03. The van der Waals surface area contributed by atoms with Crippen molar-refractivity contribution in [3.63, 3.8) is 0 Å². The molecular weight excluding hydrogens is 288 g/mol. The number of hydrogen-bond donors (Lipinski definition) is 1. The first-order valence-corrected chi connectivity index (χ1v) is 8.03. The molecule has 2 nitrogen and oxygen atoms in total. The van der Waals surface area contributed by atoms with Crippen LogP contribution >= 0.6 is 23.4 Å². The van der Waals surface area contributed by atoms with Crippen LogP contribution in [0.15, 0.2) is 46.5 Å². The lowest BCUT2D eigenvalue weighted by Crippen LogP contribution is -2.15. The molecule has 1 N–H and O–H groups in total. The number of hydrogen-bond acceptors (Lipinski definition) is 3. The van der Waals surface area contributed by atoms with Crippen molar-refractivity contribution in [1.29, 1.82) is 0 Å². The third kappa shape index (κ3) is 3.54. The first kappa shape index (κ1) is 13.9. The normalized spacial score (nSPS) is 14.5. The number of pyridine rings is 1. The summed E-state index contributed by atoms with van der Waals surface area (Å²) in [4.78, 5) is 5.53. The zero-order valence-corrected chi connectivity index (χ0v) is 13.0. The smallest absolute Gasteiger partial charge is 0.119 e. The van der Waals surface area contributed by atoms with Gasteiger partial charge in [0, 0.05) is 23.7 Å². The maximum Gasteiger partial charge on any atom is 0.119 e. The van der Waals surface area contributed by atoms with Crippen molar-refractivity contribution in [3.8, 4) is 0 Å². The van der Waals surface area contributed by atoms with Gasteiger partial charge in [0.25, 0.3) is 0 Å². The van der Waals surface area contributed by atoms with Crippen molar-refractivity contribution in [2.75, 3.05) is 0 Å². The van der Waals surface area contributed by atoms with Crippen molar-refractivity contribution >= 4 is 23.4 Å². The van der Waals surface area contributed by atoms with Crippen molar-refractivity contribution < 1.29 is 0 Å². The molecule has 1 fully saturated rings. The van der Waals surface area contributed by atoms with Gasteiger partial charge in [0.2, 0.25) is 0 Å². The summed E-state index contributed by atoms with van der Waals surface area (Å²) in [6.07, 6.45) is 4.42. The van der Waals surface area contributed by atoms with Crippen LogP contribution in [0.3, 0.4) is 0 Å². The molecule has 1 aromatic heterocycles. The van der Waals surface area contributed by atoms with E-state index >= 15 is 0 Å². The van der Waals surface area contributed by atoms with E-state index in [1.807, 2.05) is 12.1 Å². The highest BCUT2D eigenvalue weighted by Crippen LogP contribution is 2.33. The van der Waals surface area contributed by atoms with Crippen LogP contribution in [0.5, 0.6) is 0 Å². The minimum Gasteiger partial charge on any atom is -0.310 e. The van der Waals surface area contributed by atoms with E-state index in [1.54, 1.807) is 18.0 Å². The van der Waals surface area contributed by atoms with Gasteiger partial charge in [-0.3, -0.25) is 0 Å². The number of aromatic nitrogens is 1. The summed E-state index contributed by atoms with van der Waals surface area (Å²) in [7, 11) is 0.